The Bertz CT molecular complexity index is 1330. The normalized spacial score (nSPS) is 16.3. The predicted octanol–water partition coefficient (Wildman–Crippen LogP) is 6.53. The molecule has 0 bridgehead atoms. The quantitative estimate of drug-likeness (QED) is 0.250. The summed E-state index contributed by atoms with van der Waals surface area (Å²) in [6, 6.07) is 18.0. The van der Waals surface area contributed by atoms with Crippen LogP contribution in [0.1, 0.15) is 24.4 Å². The highest BCUT2D eigenvalue weighted by atomic mass is 32.2. The van der Waals surface area contributed by atoms with Crippen molar-refractivity contribution < 1.29 is 8.91 Å². The Hall–Kier alpha value is -3.01. The molecule has 0 saturated heterocycles. The largest absolute Gasteiger partial charge is 0.351 e. The average Bonchev–Trinajstić information content (AvgIpc) is 3.51. The van der Waals surface area contributed by atoms with Gasteiger partial charge in [0.15, 0.2) is 5.11 Å². The fourth-order valence-corrected chi connectivity index (χ4v) is 5.25. The minimum atomic E-state index is -0.438. The number of nitrogens with one attached hydrogen (secondary N) is 1. The number of thiocarbonyl (C=S) groups is 1. The van der Waals surface area contributed by atoms with E-state index >= 15 is 0 Å². The first-order chi connectivity index (χ1) is 16.0. The summed E-state index contributed by atoms with van der Waals surface area (Å²) in [7, 11) is 0. The molecule has 2 aromatic heterocycles. The first kappa shape index (κ1) is 21.8. The van der Waals surface area contributed by atoms with E-state index in [1.807, 2.05) is 53.8 Å². The number of rotatable bonds is 5. The van der Waals surface area contributed by atoms with Gasteiger partial charge in [0, 0.05) is 16.3 Å². The number of thiophene rings is 1. The molecule has 1 aliphatic rings. The van der Waals surface area contributed by atoms with Crippen LogP contribution in [0.2, 0.25) is 0 Å². The standard InChI is InChI=1S/C24H19FN4OS3/c1-14-20(23-27-22(28-30-23)19-7-4-12-33-19)21(15-5-3-6-16(25)13-15)26-24(31)29(14)17-8-10-18(32-2)11-9-17/h3-13,21H,1-2H3,(H,26,31). The van der Waals surface area contributed by atoms with Crippen LogP contribution in [0.5, 0.6) is 0 Å². The molecular formula is C24H19FN4OS3. The molecule has 4 aromatic rings. The lowest BCUT2D eigenvalue weighted by Crippen LogP contribution is -2.46. The number of hydrogen-bond donors (Lipinski definition) is 1. The summed E-state index contributed by atoms with van der Waals surface area (Å²) in [5.74, 6) is 0.560. The lowest BCUT2D eigenvalue weighted by atomic mass is 9.94. The van der Waals surface area contributed by atoms with Gasteiger partial charge in [0.25, 0.3) is 5.89 Å². The zero-order valence-corrected chi connectivity index (χ0v) is 20.2. The van der Waals surface area contributed by atoms with Crippen molar-refractivity contribution in [3.05, 3.63) is 89.0 Å². The highest BCUT2D eigenvalue weighted by Gasteiger charge is 2.35. The average molecular weight is 495 g/mol. The van der Waals surface area contributed by atoms with Crippen molar-refractivity contribution >= 4 is 51.7 Å². The first-order valence-corrected chi connectivity index (χ1v) is 12.7. The van der Waals surface area contributed by atoms with Gasteiger partial charge in [-0.25, -0.2) is 4.39 Å². The molecule has 0 radical (unpaired) electrons. The highest BCUT2D eigenvalue weighted by Crippen LogP contribution is 2.39. The Kier molecular flexibility index (Phi) is 6.01. The van der Waals surface area contributed by atoms with E-state index in [0.29, 0.717) is 16.8 Å². The number of halogens is 1. The van der Waals surface area contributed by atoms with Crippen LogP contribution in [0.25, 0.3) is 16.3 Å². The van der Waals surface area contributed by atoms with Crippen molar-refractivity contribution in [1.29, 1.82) is 0 Å². The third-order valence-corrected chi connectivity index (χ3v) is 7.31. The van der Waals surface area contributed by atoms with Crippen LogP contribution in [0.15, 0.2) is 81.2 Å². The molecule has 2 aromatic carbocycles. The fraction of sp³-hybridized carbons (Fsp3) is 0.125. The predicted molar refractivity (Wildman–Crippen MR) is 136 cm³/mol. The van der Waals surface area contributed by atoms with Crippen LogP contribution < -0.4 is 10.2 Å². The van der Waals surface area contributed by atoms with Crippen LogP contribution in [-0.2, 0) is 0 Å². The Morgan fingerprint density at radius 3 is 2.67 bits per heavy atom. The molecule has 0 spiro atoms. The lowest BCUT2D eigenvalue weighted by Gasteiger charge is -2.37. The van der Waals surface area contributed by atoms with E-state index in [-0.39, 0.29) is 5.82 Å². The van der Waals surface area contributed by atoms with Crippen molar-refractivity contribution in [2.75, 3.05) is 11.2 Å². The molecule has 5 nitrogen and oxygen atoms in total. The summed E-state index contributed by atoms with van der Waals surface area (Å²) in [5.41, 5.74) is 3.22. The maximum Gasteiger partial charge on any atom is 0.258 e. The number of anilines is 1. The van der Waals surface area contributed by atoms with E-state index in [4.69, 9.17) is 16.7 Å². The molecule has 0 saturated carbocycles. The van der Waals surface area contributed by atoms with E-state index in [1.165, 1.54) is 23.5 Å². The molecule has 5 rings (SSSR count). The van der Waals surface area contributed by atoms with Crippen molar-refractivity contribution in [2.24, 2.45) is 0 Å². The number of benzene rings is 2. The number of nitrogens with zero attached hydrogens (tertiary/aromatic N) is 3. The molecule has 0 aliphatic carbocycles. The monoisotopic (exact) mass is 494 g/mol. The van der Waals surface area contributed by atoms with Gasteiger partial charge in [-0.2, -0.15) is 4.98 Å². The maximum absolute atomic E-state index is 14.1. The zero-order chi connectivity index (χ0) is 22.9. The topological polar surface area (TPSA) is 54.2 Å². The van der Waals surface area contributed by atoms with Gasteiger partial charge in [0.1, 0.15) is 5.82 Å². The van der Waals surface area contributed by atoms with Crippen LogP contribution >= 0.6 is 35.3 Å². The third-order valence-electron chi connectivity index (χ3n) is 5.40. The van der Waals surface area contributed by atoms with Gasteiger partial charge in [-0.1, -0.05) is 23.4 Å². The van der Waals surface area contributed by atoms with Gasteiger partial charge < -0.3 is 9.84 Å². The van der Waals surface area contributed by atoms with Gasteiger partial charge in [-0.05, 0) is 78.8 Å². The maximum atomic E-state index is 14.1. The van der Waals surface area contributed by atoms with Gasteiger partial charge in [-0.15, -0.1) is 23.1 Å². The third kappa shape index (κ3) is 4.19. The Labute approximate surface area is 204 Å². The number of allylic oxidation sites excluding steroid dienone is 1. The summed E-state index contributed by atoms with van der Waals surface area (Å²) in [4.78, 5) is 8.69. The Balaban J connectivity index is 1.65. The first-order valence-electron chi connectivity index (χ1n) is 10.1. The molecule has 0 fully saturated rings. The molecule has 0 amide bonds. The molecule has 33 heavy (non-hydrogen) atoms. The van der Waals surface area contributed by atoms with E-state index in [9.17, 15) is 4.39 Å². The van der Waals surface area contributed by atoms with Gasteiger partial charge in [0.05, 0.1) is 16.5 Å². The molecular weight excluding hydrogens is 475 g/mol. The van der Waals surface area contributed by atoms with Crippen molar-refractivity contribution in [3.8, 4) is 10.7 Å². The second-order valence-corrected chi connectivity index (χ2v) is 9.58. The van der Waals surface area contributed by atoms with Crippen molar-refractivity contribution in [1.82, 2.24) is 15.5 Å². The second-order valence-electron chi connectivity index (χ2n) is 7.37. The number of hydrogen-bond acceptors (Lipinski definition) is 6. The van der Waals surface area contributed by atoms with Crippen LogP contribution in [0.3, 0.4) is 0 Å². The molecule has 166 valence electrons. The fourth-order valence-electron chi connectivity index (χ4n) is 3.84. The summed E-state index contributed by atoms with van der Waals surface area (Å²) in [6.07, 6.45) is 2.04. The van der Waals surface area contributed by atoms with Crippen molar-refractivity contribution in [2.45, 2.75) is 17.9 Å². The molecule has 9 heteroatoms. The van der Waals surface area contributed by atoms with E-state index in [1.54, 1.807) is 17.8 Å². The van der Waals surface area contributed by atoms with Crippen molar-refractivity contribution in [3.63, 3.8) is 0 Å². The van der Waals surface area contributed by atoms with Crippen LogP contribution in [0.4, 0.5) is 10.1 Å². The van der Waals surface area contributed by atoms with Gasteiger partial charge in [-0.3, -0.25) is 4.90 Å². The number of thioether (sulfide) groups is 1. The SMILES string of the molecule is CSc1ccc(N2C(=S)NC(c3cccc(F)c3)C(c3nc(-c4cccs4)no3)=C2C)cc1. The van der Waals surface area contributed by atoms with Crippen LogP contribution in [0, 0.1) is 5.82 Å². The Morgan fingerprint density at radius 2 is 1.97 bits per heavy atom. The minimum Gasteiger partial charge on any atom is -0.351 e. The summed E-state index contributed by atoms with van der Waals surface area (Å²) in [5, 5.41) is 10.0. The molecule has 1 unspecified atom stereocenters. The zero-order valence-electron chi connectivity index (χ0n) is 17.8. The van der Waals surface area contributed by atoms with Gasteiger partial charge >= 0.3 is 0 Å². The molecule has 3 heterocycles. The molecule has 1 atom stereocenters. The lowest BCUT2D eigenvalue weighted by molar-refractivity contribution is 0.404. The molecule has 1 N–H and O–H groups in total. The summed E-state index contributed by atoms with van der Waals surface area (Å²) in [6.45, 7) is 1.96. The van der Waals surface area contributed by atoms with E-state index in [2.05, 4.69) is 27.6 Å². The molecule has 1 aliphatic heterocycles. The summed E-state index contributed by atoms with van der Waals surface area (Å²) < 4.78 is 19.8. The number of aromatic nitrogens is 2. The van der Waals surface area contributed by atoms with Crippen LogP contribution in [-0.4, -0.2) is 21.5 Å². The van der Waals surface area contributed by atoms with E-state index < -0.39 is 6.04 Å². The van der Waals surface area contributed by atoms with E-state index in [0.717, 1.165) is 32.3 Å². The van der Waals surface area contributed by atoms with Gasteiger partial charge in [0.2, 0.25) is 5.82 Å². The second kappa shape index (κ2) is 9.09. The highest BCUT2D eigenvalue weighted by molar-refractivity contribution is 7.98. The Morgan fingerprint density at radius 1 is 1.15 bits per heavy atom. The summed E-state index contributed by atoms with van der Waals surface area (Å²) >= 11 is 8.96. The minimum absolute atomic E-state index is 0.322. The smallest absolute Gasteiger partial charge is 0.258 e.